The van der Waals surface area contributed by atoms with E-state index in [1.54, 1.807) is 6.07 Å². The summed E-state index contributed by atoms with van der Waals surface area (Å²) in [5.74, 6) is -1.69. The van der Waals surface area contributed by atoms with Crippen molar-refractivity contribution in [3.8, 4) is 0 Å². The van der Waals surface area contributed by atoms with Gasteiger partial charge in [-0.1, -0.05) is 0 Å². The fourth-order valence-corrected chi connectivity index (χ4v) is 2.82. The molecule has 1 amide bonds. The van der Waals surface area contributed by atoms with Crippen LogP contribution in [0.2, 0.25) is 0 Å². The molecule has 0 spiro atoms. The maximum Gasteiger partial charge on any atom is 0.302 e. The number of halogens is 1. The molecular formula is C10H11FN2O4S. The molecule has 0 bridgehead atoms. The SMILES string of the molecule is O=C1CC(CS(=O)(=O)F)CN1c1ccc[nH]c1=O. The first-order valence-electron chi connectivity index (χ1n) is 5.27. The summed E-state index contributed by atoms with van der Waals surface area (Å²) in [4.78, 5) is 26.8. The van der Waals surface area contributed by atoms with Crippen molar-refractivity contribution in [2.45, 2.75) is 6.42 Å². The highest BCUT2D eigenvalue weighted by Crippen LogP contribution is 2.23. The minimum absolute atomic E-state index is 0.0368. The number of anilines is 1. The Bertz CT molecular complexity index is 625. The van der Waals surface area contributed by atoms with E-state index in [9.17, 15) is 21.9 Å². The van der Waals surface area contributed by atoms with E-state index in [1.807, 2.05) is 0 Å². The Morgan fingerprint density at radius 3 is 2.78 bits per heavy atom. The van der Waals surface area contributed by atoms with Gasteiger partial charge in [0.1, 0.15) is 5.69 Å². The Morgan fingerprint density at radius 1 is 1.44 bits per heavy atom. The average Bonchev–Trinajstić information content (AvgIpc) is 2.57. The van der Waals surface area contributed by atoms with Gasteiger partial charge < -0.3 is 9.88 Å². The molecule has 1 N–H and O–H groups in total. The molecule has 1 saturated heterocycles. The summed E-state index contributed by atoms with van der Waals surface area (Å²) in [5.41, 5.74) is -0.282. The second kappa shape index (κ2) is 4.52. The van der Waals surface area contributed by atoms with Gasteiger partial charge in [-0.25, -0.2) is 0 Å². The van der Waals surface area contributed by atoms with Crippen molar-refractivity contribution in [2.75, 3.05) is 17.2 Å². The normalized spacial score (nSPS) is 20.4. The van der Waals surface area contributed by atoms with E-state index in [4.69, 9.17) is 0 Å². The van der Waals surface area contributed by atoms with Crippen molar-refractivity contribution in [3.05, 3.63) is 28.7 Å². The number of carbonyl (C=O) groups excluding carboxylic acids is 1. The van der Waals surface area contributed by atoms with Crippen molar-refractivity contribution >= 4 is 21.8 Å². The van der Waals surface area contributed by atoms with Gasteiger partial charge in [0, 0.05) is 25.1 Å². The van der Waals surface area contributed by atoms with Gasteiger partial charge >= 0.3 is 10.2 Å². The lowest BCUT2D eigenvalue weighted by atomic mass is 10.1. The lowest BCUT2D eigenvalue weighted by molar-refractivity contribution is -0.117. The largest absolute Gasteiger partial charge is 0.327 e. The quantitative estimate of drug-likeness (QED) is 0.788. The third-order valence-electron chi connectivity index (χ3n) is 2.73. The van der Waals surface area contributed by atoms with Crippen LogP contribution < -0.4 is 10.5 Å². The van der Waals surface area contributed by atoms with Crippen LogP contribution in [0.4, 0.5) is 9.57 Å². The fraction of sp³-hybridized carbons (Fsp3) is 0.400. The number of amides is 1. The van der Waals surface area contributed by atoms with Crippen LogP contribution in [0.1, 0.15) is 6.42 Å². The highest BCUT2D eigenvalue weighted by atomic mass is 32.3. The van der Waals surface area contributed by atoms with E-state index >= 15 is 0 Å². The highest BCUT2D eigenvalue weighted by Gasteiger charge is 2.34. The number of H-pyrrole nitrogens is 1. The van der Waals surface area contributed by atoms with Crippen LogP contribution in [0.3, 0.4) is 0 Å². The summed E-state index contributed by atoms with van der Waals surface area (Å²) in [5, 5.41) is 0. The van der Waals surface area contributed by atoms with E-state index in [0.29, 0.717) is 0 Å². The molecule has 8 heteroatoms. The molecule has 0 radical (unpaired) electrons. The molecule has 1 aliphatic rings. The van der Waals surface area contributed by atoms with Crippen LogP contribution in [0.5, 0.6) is 0 Å². The number of aromatic amines is 1. The molecule has 1 unspecified atom stereocenters. The number of hydrogen-bond acceptors (Lipinski definition) is 4. The zero-order valence-corrected chi connectivity index (χ0v) is 10.1. The lowest BCUT2D eigenvalue weighted by Gasteiger charge is -2.14. The minimum Gasteiger partial charge on any atom is -0.327 e. The van der Waals surface area contributed by atoms with Gasteiger partial charge in [0.25, 0.3) is 5.56 Å². The first-order chi connectivity index (χ1) is 8.37. The molecule has 1 aromatic heterocycles. The van der Waals surface area contributed by atoms with Crippen LogP contribution in [0.25, 0.3) is 0 Å². The van der Waals surface area contributed by atoms with Crippen molar-refractivity contribution < 1.29 is 17.1 Å². The molecule has 0 aliphatic carbocycles. The summed E-state index contributed by atoms with van der Waals surface area (Å²) in [6.45, 7) is 0.0368. The summed E-state index contributed by atoms with van der Waals surface area (Å²) in [7, 11) is -4.61. The maximum absolute atomic E-state index is 12.6. The lowest BCUT2D eigenvalue weighted by Crippen LogP contribution is -2.30. The zero-order valence-electron chi connectivity index (χ0n) is 9.30. The number of hydrogen-bond donors (Lipinski definition) is 1. The summed E-state index contributed by atoms with van der Waals surface area (Å²) in [6.07, 6.45) is 1.35. The van der Waals surface area contributed by atoms with Crippen molar-refractivity contribution in [2.24, 2.45) is 5.92 Å². The van der Waals surface area contributed by atoms with Crippen molar-refractivity contribution in [3.63, 3.8) is 0 Å². The second-order valence-corrected chi connectivity index (χ2v) is 5.58. The van der Waals surface area contributed by atoms with E-state index < -0.39 is 27.5 Å². The highest BCUT2D eigenvalue weighted by molar-refractivity contribution is 7.86. The van der Waals surface area contributed by atoms with E-state index in [1.165, 1.54) is 17.2 Å². The van der Waals surface area contributed by atoms with Crippen LogP contribution in [-0.2, 0) is 15.0 Å². The van der Waals surface area contributed by atoms with Gasteiger partial charge in [0.05, 0.1) is 5.75 Å². The van der Waals surface area contributed by atoms with Crippen LogP contribution in [-0.4, -0.2) is 31.6 Å². The Labute approximate surface area is 103 Å². The summed E-state index contributed by atoms with van der Waals surface area (Å²) in [6, 6.07) is 3.02. The first kappa shape index (κ1) is 12.7. The van der Waals surface area contributed by atoms with Gasteiger partial charge in [0.15, 0.2) is 0 Å². The molecule has 0 saturated carbocycles. The fourth-order valence-electron chi connectivity index (χ4n) is 2.03. The maximum atomic E-state index is 12.6. The van der Waals surface area contributed by atoms with Gasteiger partial charge in [0.2, 0.25) is 5.91 Å². The molecule has 1 atom stereocenters. The topological polar surface area (TPSA) is 87.3 Å². The van der Waals surface area contributed by atoms with Gasteiger partial charge in [-0.05, 0) is 12.1 Å². The zero-order chi connectivity index (χ0) is 13.3. The Hall–Kier alpha value is -1.70. The van der Waals surface area contributed by atoms with Gasteiger partial charge in [-0.2, -0.15) is 8.42 Å². The van der Waals surface area contributed by atoms with Crippen molar-refractivity contribution in [1.29, 1.82) is 0 Å². The number of rotatable bonds is 3. The van der Waals surface area contributed by atoms with Crippen LogP contribution in [0, 0.1) is 5.92 Å². The number of carbonyl (C=O) groups is 1. The van der Waals surface area contributed by atoms with Crippen LogP contribution in [0.15, 0.2) is 23.1 Å². The molecule has 2 heterocycles. The average molecular weight is 274 g/mol. The van der Waals surface area contributed by atoms with Gasteiger partial charge in [-0.3, -0.25) is 9.59 Å². The standard InChI is InChI=1S/C10H11FN2O4S/c11-18(16,17)6-7-4-9(14)13(5-7)8-2-1-3-12-10(8)15/h1-3,7H,4-6H2,(H,12,15). The summed E-state index contributed by atoms with van der Waals surface area (Å²) >= 11 is 0. The van der Waals surface area contributed by atoms with E-state index in [2.05, 4.69) is 4.98 Å². The third-order valence-corrected chi connectivity index (χ3v) is 3.60. The summed E-state index contributed by atoms with van der Waals surface area (Å²) < 4.78 is 33.6. The molecule has 98 valence electrons. The Kier molecular flexibility index (Phi) is 3.20. The predicted octanol–water partition coefficient (Wildman–Crippen LogP) is 0.0271. The number of nitrogens with zero attached hydrogens (tertiary/aromatic N) is 1. The Balaban J connectivity index is 2.21. The number of nitrogens with one attached hydrogen (secondary N) is 1. The predicted molar refractivity (Wildman–Crippen MR) is 62.4 cm³/mol. The second-order valence-electron chi connectivity index (χ2n) is 4.16. The van der Waals surface area contributed by atoms with Crippen LogP contribution >= 0.6 is 0 Å². The molecule has 1 aromatic rings. The molecular weight excluding hydrogens is 263 g/mol. The van der Waals surface area contributed by atoms with E-state index in [-0.39, 0.29) is 24.6 Å². The molecule has 6 nitrogen and oxygen atoms in total. The third kappa shape index (κ3) is 2.76. The monoisotopic (exact) mass is 274 g/mol. The van der Waals surface area contributed by atoms with Gasteiger partial charge in [-0.15, -0.1) is 3.89 Å². The molecule has 0 aromatic carbocycles. The Morgan fingerprint density at radius 2 is 2.17 bits per heavy atom. The molecule has 18 heavy (non-hydrogen) atoms. The molecule has 2 rings (SSSR count). The number of aromatic nitrogens is 1. The molecule has 1 fully saturated rings. The number of pyridine rings is 1. The van der Waals surface area contributed by atoms with E-state index in [0.717, 1.165) is 0 Å². The first-order valence-corrected chi connectivity index (χ1v) is 6.82. The minimum atomic E-state index is -4.61. The van der Waals surface area contributed by atoms with Crippen molar-refractivity contribution in [1.82, 2.24) is 4.98 Å². The smallest absolute Gasteiger partial charge is 0.302 e. The molecule has 1 aliphatic heterocycles.